The smallest absolute Gasteiger partial charge is 0.303 e. The van der Waals surface area contributed by atoms with E-state index in [1.807, 2.05) is 24.4 Å². The van der Waals surface area contributed by atoms with Crippen LogP contribution in [0.5, 0.6) is 0 Å². The van der Waals surface area contributed by atoms with Crippen LogP contribution in [0.1, 0.15) is 62.3 Å². The predicted molar refractivity (Wildman–Crippen MR) is 144 cm³/mol. The molecule has 4 rings (SSSR count). The van der Waals surface area contributed by atoms with Crippen molar-refractivity contribution in [3.63, 3.8) is 0 Å². The van der Waals surface area contributed by atoms with E-state index in [9.17, 15) is 9.59 Å². The van der Waals surface area contributed by atoms with Crippen LogP contribution in [0.3, 0.4) is 0 Å². The van der Waals surface area contributed by atoms with Gasteiger partial charge in [0.25, 0.3) is 0 Å². The second-order valence-electron chi connectivity index (χ2n) is 9.91. The van der Waals surface area contributed by atoms with E-state index in [0.717, 1.165) is 46.0 Å². The van der Waals surface area contributed by atoms with Crippen molar-refractivity contribution in [1.29, 1.82) is 0 Å². The van der Waals surface area contributed by atoms with Crippen LogP contribution in [0, 0.1) is 5.92 Å². The first kappa shape index (κ1) is 25.3. The Labute approximate surface area is 215 Å². The fourth-order valence-corrected chi connectivity index (χ4v) is 5.34. The number of carbonyl (C=O) groups is 2. The summed E-state index contributed by atoms with van der Waals surface area (Å²) >= 11 is 3.63. The van der Waals surface area contributed by atoms with E-state index in [2.05, 4.69) is 63.2 Å². The zero-order valence-electron chi connectivity index (χ0n) is 20.4. The van der Waals surface area contributed by atoms with Crippen molar-refractivity contribution in [2.45, 2.75) is 58.4 Å². The van der Waals surface area contributed by atoms with E-state index in [0.29, 0.717) is 12.3 Å². The number of amides is 1. The first-order chi connectivity index (χ1) is 16.8. The van der Waals surface area contributed by atoms with Gasteiger partial charge in [-0.05, 0) is 72.6 Å². The Hall–Kier alpha value is -2.80. The lowest BCUT2D eigenvalue weighted by Crippen LogP contribution is -2.32. The molecule has 1 atom stereocenters. The van der Waals surface area contributed by atoms with E-state index in [1.165, 1.54) is 24.1 Å². The lowest BCUT2D eigenvalue weighted by atomic mass is 9.94. The highest BCUT2D eigenvalue weighted by Gasteiger charge is 2.24. The van der Waals surface area contributed by atoms with E-state index >= 15 is 0 Å². The molecule has 186 valence electrons. The molecule has 0 aliphatic carbocycles. The number of hydrogen-bond acceptors (Lipinski definition) is 3. The average Bonchev–Trinajstić information content (AvgIpc) is 3.47. The Morgan fingerprint density at radius 2 is 1.91 bits per heavy atom. The van der Waals surface area contributed by atoms with Gasteiger partial charge < -0.3 is 20.3 Å². The monoisotopic (exact) mass is 539 g/mol. The number of rotatable bonds is 10. The number of carboxylic acid groups (broad SMARTS) is 1. The van der Waals surface area contributed by atoms with E-state index in [1.54, 1.807) is 0 Å². The SMILES string of the molecule is CC(C)CC(NC(=O)Cc1ccc2[nH]cc(CCC(=O)O)c2c1)c1ccc(Br)cc1N1CCCC1. The zero-order chi connectivity index (χ0) is 24.9. The molecule has 1 fully saturated rings. The maximum Gasteiger partial charge on any atom is 0.303 e. The number of halogens is 1. The summed E-state index contributed by atoms with van der Waals surface area (Å²) < 4.78 is 1.05. The molecule has 0 radical (unpaired) electrons. The molecular formula is C28H34BrN3O3. The van der Waals surface area contributed by atoms with Gasteiger partial charge in [-0.2, -0.15) is 0 Å². The van der Waals surface area contributed by atoms with Crippen molar-refractivity contribution in [3.8, 4) is 0 Å². The molecule has 1 unspecified atom stereocenters. The molecule has 2 aromatic carbocycles. The summed E-state index contributed by atoms with van der Waals surface area (Å²) in [7, 11) is 0. The number of carboxylic acids is 1. The summed E-state index contributed by atoms with van der Waals surface area (Å²) in [5.74, 6) is -0.386. The number of nitrogens with zero attached hydrogens (tertiary/aromatic N) is 1. The highest BCUT2D eigenvalue weighted by Crippen LogP contribution is 2.34. The number of aromatic nitrogens is 1. The summed E-state index contributed by atoms with van der Waals surface area (Å²) in [6, 6.07) is 12.3. The van der Waals surface area contributed by atoms with Crippen LogP contribution in [0.4, 0.5) is 5.69 Å². The van der Waals surface area contributed by atoms with E-state index < -0.39 is 5.97 Å². The third-order valence-electron chi connectivity index (χ3n) is 6.66. The molecule has 2 heterocycles. The van der Waals surface area contributed by atoms with Crippen LogP contribution < -0.4 is 10.2 Å². The molecule has 3 N–H and O–H groups in total. The predicted octanol–water partition coefficient (Wildman–Crippen LogP) is 5.99. The number of nitrogens with one attached hydrogen (secondary N) is 2. The third-order valence-corrected chi connectivity index (χ3v) is 7.15. The minimum Gasteiger partial charge on any atom is -0.481 e. The van der Waals surface area contributed by atoms with Crippen LogP contribution in [0.15, 0.2) is 47.1 Å². The molecule has 3 aromatic rings. The molecule has 1 saturated heterocycles. The van der Waals surface area contributed by atoms with E-state index in [-0.39, 0.29) is 24.8 Å². The van der Waals surface area contributed by atoms with Gasteiger partial charge in [0.1, 0.15) is 0 Å². The highest BCUT2D eigenvalue weighted by atomic mass is 79.9. The summed E-state index contributed by atoms with van der Waals surface area (Å²) in [6.45, 7) is 6.47. The van der Waals surface area contributed by atoms with Crippen molar-refractivity contribution in [2.24, 2.45) is 5.92 Å². The number of aliphatic carboxylic acids is 1. The normalized spacial score (nSPS) is 14.6. The van der Waals surface area contributed by atoms with Crippen LogP contribution in [-0.4, -0.2) is 35.1 Å². The highest BCUT2D eigenvalue weighted by molar-refractivity contribution is 9.10. The van der Waals surface area contributed by atoms with Crippen molar-refractivity contribution in [2.75, 3.05) is 18.0 Å². The topological polar surface area (TPSA) is 85.4 Å². The first-order valence-electron chi connectivity index (χ1n) is 12.4. The maximum absolute atomic E-state index is 13.2. The van der Waals surface area contributed by atoms with Gasteiger partial charge in [-0.15, -0.1) is 0 Å². The molecule has 1 aromatic heterocycles. The Bertz CT molecular complexity index is 1200. The van der Waals surface area contributed by atoms with Crippen LogP contribution in [-0.2, 0) is 22.4 Å². The van der Waals surface area contributed by atoms with Gasteiger partial charge in [0.2, 0.25) is 5.91 Å². The molecule has 1 amide bonds. The lowest BCUT2D eigenvalue weighted by molar-refractivity contribution is -0.137. The van der Waals surface area contributed by atoms with Crippen molar-refractivity contribution in [1.82, 2.24) is 10.3 Å². The molecule has 1 aliphatic rings. The van der Waals surface area contributed by atoms with Gasteiger partial charge in [-0.25, -0.2) is 0 Å². The Kier molecular flexibility index (Phi) is 8.16. The summed E-state index contributed by atoms with van der Waals surface area (Å²) in [5.41, 5.74) is 5.23. The largest absolute Gasteiger partial charge is 0.481 e. The second kappa shape index (κ2) is 11.3. The zero-order valence-corrected chi connectivity index (χ0v) is 22.0. The Morgan fingerprint density at radius 3 is 2.63 bits per heavy atom. The average molecular weight is 541 g/mol. The van der Waals surface area contributed by atoms with Crippen molar-refractivity contribution >= 4 is 44.4 Å². The van der Waals surface area contributed by atoms with Crippen molar-refractivity contribution < 1.29 is 14.7 Å². The fraction of sp³-hybridized carbons (Fsp3) is 0.429. The third kappa shape index (κ3) is 6.45. The maximum atomic E-state index is 13.2. The minimum absolute atomic E-state index is 0.00656. The number of benzene rings is 2. The number of hydrogen-bond donors (Lipinski definition) is 3. The number of H-pyrrole nitrogens is 1. The molecule has 0 bridgehead atoms. The van der Waals surface area contributed by atoms with Gasteiger partial charge in [0.15, 0.2) is 0 Å². The van der Waals surface area contributed by atoms with Crippen LogP contribution in [0.2, 0.25) is 0 Å². The summed E-state index contributed by atoms with van der Waals surface area (Å²) in [5, 5.41) is 13.3. The van der Waals surface area contributed by atoms with Gasteiger partial charge in [-0.1, -0.05) is 41.9 Å². The molecule has 6 nitrogen and oxygen atoms in total. The van der Waals surface area contributed by atoms with Crippen LogP contribution >= 0.6 is 15.9 Å². The molecule has 35 heavy (non-hydrogen) atoms. The summed E-state index contributed by atoms with van der Waals surface area (Å²) in [4.78, 5) is 29.9. The standard InChI is InChI=1S/C28H34BrN3O3/c1-18(2)13-25(22-8-7-21(29)16-26(22)32-11-3-4-12-32)31-27(33)15-19-5-9-24-23(14-19)20(17-30-24)6-10-28(34)35/h5,7-9,14,16-18,25,30H,3-4,6,10-13,15H2,1-2H3,(H,31,33)(H,34,35). The van der Waals surface area contributed by atoms with Gasteiger partial charge >= 0.3 is 5.97 Å². The number of anilines is 1. The fourth-order valence-electron chi connectivity index (χ4n) is 4.99. The van der Waals surface area contributed by atoms with E-state index in [4.69, 9.17) is 5.11 Å². The molecule has 7 heteroatoms. The number of aromatic amines is 1. The summed E-state index contributed by atoms with van der Waals surface area (Å²) in [6.07, 6.45) is 5.95. The molecule has 0 spiro atoms. The van der Waals surface area contributed by atoms with Crippen molar-refractivity contribution in [3.05, 3.63) is 63.8 Å². The van der Waals surface area contributed by atoms with Gasteiger partial charge in [0.05, 0.1) is 12.5 Å². The number of aryl methyl sites for hydroxylation is 1. The van der Waals surface area contributed by atoms with Gasteiger partial charge in [-0.3, -0.25) is 9.59 Å². The van der Waals surface area contributed by atoms with Gasteiger partial charge in [0, 0.05) is 46.8 Å². The minimum atomic E-state index is -0.813. The van der Waals surface area contributed by atoms with Crippen LogP contribution in [0.25, 0.3) is 10.9 Å². The quantitative estimate of drug-likeness (QED) is 0.295. The Balaban J connectivity index is 1.53. The lowest BCUT2D eigenvalue weighted by Gasteiger charge is -2.28. The Morgan fingerprint density at radius 1 is 1.14 bits per heavy atom. The number of carbonyl (C=O) groups excluding carboxylic acids is 1. The molecule has 0 saturated carbocycles. The first-order valence-corrected chi connectivity index (χ1v) is 13.2. The molecular weight excluding hydrogens is 506 g/mol. The second-order valence-corrected chi connectivity index (χ2v) is 10.8. The number of fused-ring (bicyclic) bond motifs is 1. The molecule has 1 aliphatic heterocycles.